The molecule has 19 heavy (non-hydrogen) atoms. The Labute approximate surface area is 110 Å². The number of pyridine rings is 1. The summed E-state index contributed by atoms with van der Waals surface area (Å²) in [4.78, 5) is 29.1. The Hall–Kier alpha value is -2.17. The van der Waals surface area contributed by atoms with Crippen molar-refractivity contribution >= 4 is 17.5 Å². The van der Waals surface area contributed by atoms with E-state index in [0.29, 0.717) is 32.2 Å². The van der Waals surface area contributed by atoms with Crippen LogP contribution in [0.25, 0.3) is 5.65 Å². The predicted octanol–water partition coefficient (Wildman–Crippen LogP) is 1.42. The third-order valence-corrected chi connectivity index (χ3v) is 3.47. The maximum Gasteiger partial charge on any atom is 0.229 e. The van der Waals surface area contributed by atoms with Gasteiger partial charge in [-0.2, -0.15) is 0 Å². The lowest BCUT2D eigenvalue weighted by atomic mass is 10.1. The lowest BCUT2D eigenvalue weighted by Gasteiger charge is -2.24. The zero-order chi connectivity index (χ0) is 13.2. The van der Waals surface area contributed by atoms with Crippen LogP contribution in [-0.2, 0) is 16.0 Å². The minimum absolute atomic E-state index is 0.0509. The molecular formula is C14H15N3O2. The smallest absolute Gasteiger partial charge is 0.229 e. The Kier molecular flexibility index (Phi) is 3.03. The van der Waals surface area contributed by atoms with Crippen molar-refractivity contribution in [1.29, 1.82) is 0 Å². The normalized spacial score (nSPS) is 16.3. The van der Waals surface area contributed by atoms with Crippen LogP contribution in [0.4, 0.5) is 0 Å². The van der Waals surface area contributed by atoms with Gasteiger partial charge in [-0.1, -0.05) is 6.07 Å². The highest BCUT2D eigenvalue weighted by Crippen LogP contribution is 2.14. The number of carbonyl (C=O) groups excluding carboxylic acids is 2. The summed E-state index contributed by atoms with van der Waals surface area (Å²) in [7, 11) is 0. The highest BCUT2D eigenvalue weighted by atomic mass is 16.2. The quantitative estimate of drug-likeness (QED) is 0.781. The maximum absolute atomic E-state index is 11.7. The number of carbonyl (C=O) groups is 2. The summed E-state index contributed by atoms with van der Waals surface area (Å²) in [5.41, 5.74) is 1.90. The number of hydrogen-bond donors (Lipinski definition) is 0. The summed E-state index contributed by atoms with van der Waals surface area (Å²) in [5, 5.41) is 0. The first-order chi connectivity index (χ1) is 9.25. The molecule has 0 radical (unpaired) electrons. The molecule has 0 aromatic carbocycles. The van der Waals surface area contributed by atoms with Gasteiger partial charge >= 0.3 is 0 Å². The summed E-state index contributed by atoms with van der Waals surface area (Å²) >= 11 is 0. The van der Waals surface area contributed by atoms with Gasteiger partial charge in [-0.05, 0) is 18.6 Å². The molecule has 1 aliphatic heterocycles. The van der Waals surface area contributed by atoms with Gasteiger partial charge in [0.05, 0.1) is 0 Å². The van der Waals surface area contributed by atoms with E-state index in [1.54, 1.807) is 6.20 Å². The number of piperidine rings is 1. The van der Waals surface area contributed by atoms with Gasteiger partial charge in [0.15, 0.2) is 0 Å². The van der Waals surface area contributed by atoms with Crippen molar-refractivity contribution in [3.63, 3.8) is 0 Å². The molecule has 0 unspecified atom stereocenters. The van der Waals surface area contributed by atoms with Crippen LogP contribution in [0.2, 0.25) is 0 Å². The Bertz CT molecular complexity index is 616. The summed E-state index contributed by atoms with van der Waals surface area (Å²) < 4.78 is 1.99. The maximum atomic E-state index is 11.7. The van der Waals surface area contributed by atoms with Gasteiger partial charge < -0.3 is 4.40 Å². The summed E-state index contributed by atoms with van der Waals surface area (Å²) in [6, 6.07) is 5.81. The topological polar surface area (TPSA) is 54.7 Å². The number of imide groups is 1. The van der Waals surface area contributed by atoms with Crippen molar-refractivity contribution in [2.45, 2.75) is 25.7 Å². The number of aromatic nitrogens is 2. The van der Waals surface area contributed by atoms with E-state index in [4.69, 9.17) is 0 Å². The van der Waals surface area contributed by atoms with Gasteiger partial charge in [-0.15, -0.1) is 0 Å². The van der Waals surface area contributed by atoms with Crippen LogP contribution in [0.5, 0.6) is 0 Å². The number of amides is 2. The van der Waals surface area contributed by atoms with Crippen LogP contribution >= 0.6 is 0 Å². The zero-order valence-electron chi connectivity index (χ0n) is 10.6. The van der Waals surface area contributed by atoms with Gasteiger partial charge in [0.25, 0.3) is 0 Å². The van der Waals surface area contributed by atoms with E-state index in [0.717, 1.165) is 11.3 Å². The molecule has 5 nitrogen and oxygen atoms in total. The Morgan fingerprint density at radius 2 is 1.95 bits per heavy atom. The molecule has 2 aromatic heterocycles. The molecular weight excluding hydrogens is 242 g/mol. The number of hydrogen-bond acceptors (Lipinski definition) is 3. The second kappa shape index (κ2) is 4.84. The summed E-state index contributed by atoms with van der Waals surface area (Å²) in [6.07, 6.45) is 6.04. The molecule has 1 fully saturated rings. The highest BCUT2D eigenvalue weighted by molar-refractivity contribution is 5.97. The minimum Gasteiger partial charge on any atom is -0.304 e. The first-order valence-electron chi connectivity index (χ1n) is 6.50. The molecule has 2 amide bonds. The number of nitrogens with zero attached hydrogens (tertiary/aromatic N) is 3. The molecule has 0 saturated carbocycles. The van der Waals surface area contributed by atoms with Crippen molar-refractivity contribution in [3.8, 4) is 0 Å². The van der Waals surface area contributed by atoms with Crippen LogP contribution in [0.15, 0.2) is 30.6 Å². The summed E-state index contributed by atoms with van der Waals surface area (Å²) in [5.74, 6) is -0.102. The number of imidazole rings is 1. The van der Waals surface area contributed by atoms with Crippen molar-refractivity contribution in [2.75, 3.05) is 6.54 Å². The van der Waals surface area contributed by atoms with Gasteiger partial charge in [-0.25, -0.2) is 4.98 Å². The molecule has 98 valence electrons. The zero-order valence-corrected chi connectivity index (χ0v) is 10.6. The average molecular weight is 257 g/mol. The van der Waals surface area contributed by atoms with E-state index in [2.05, 4.69) is 4.98 Å². The molecule has 1 aliphatic rings. The van der Waals surface area contributed by atoms with E-state index < -0.39 is 0 Å². The van der Waals surface area contributed by atoms with E-state index in [1.807, 2.05) is 28.8 Å². The highest BCUT2D eigenvalue weighted by Gasteiger charge is 2.25. The van der Waals surface area contributed by atoms with E-state index in [1.165, 1.54) is 4.90 Å². The number of likely N-dealkylation sites (tertiary alicyclic amines) is 1. The molecule has 5 heteroatoms. The third-order valence-electron chi connectivity index (χ3n) is 3.47. The van der Waals surface area contributed by atoms with Crippen LogP contribution in [0.1, 0.15) is 25.0 Å². The lowest BCUT2D eigenvalue weighted by molar-refractivity contribution is -0.147. The van der Waals surface area contributed by atoms with Crippen molar-refractivity contribution in [2.24, 2.45) is 0 Å². The molecule has 3 rings (SSSR count). The Morgan fingerprint density at radius 1 is 1.16 bits per heavy atom. The van der Waals surface area contributed by atoms with Gasteiger partial charge in [-0.3, -0.25) is 14.5 Å². The fourth-order valence-electron chi connectivity index (χ4n) is 2.45. The monoisotopic (exact) mass is 257 g/mol. The average Bonchev–Trinajstić information content (AvgIpc) is 2.82. The molecule has 0 aliphatic carbocycles. The van der Waals surface area contributed by atoms with E-state index in [9.17, 15) is 9.59 Å². The van der Waals surface area contributed by atoms with Crippen LogP contribution in [-0.4, -0.2) is 32.6 Å². The van der Waals surface area contributed by atoms with Crippen LogP contribution < -0.4 is 0 Å². The van der Waals surface area contributed by atoms with Gasteiger partial charge in [0.2, 0.25) is 11.8 Å². The second-order valence-corrected chi connectivity index (χ2v) is 4.72. The van der Waals surface area contributed by atoms with Crippen LogP contribution in [0.3, 0.4) is 0 Å². The second-order valence-electron chi connectivity index (χ2n) is 4.72. The first kappa shape index (κ1) is 11.9. The Balaban J connectivity index is 1.75. The Morgan fingerprint density at radius 3 is 2.74 bits per heavy atom. The van der Waals surface area contributed by atoms with Crippen molar-refractivity contribution in [3.05, 3.63) is 36.3 Å². The van der Waals surface area contributed by atoms with Crippen molar-refractivity contribution in [1.82, 2.24) is 14.3 Å². The van der Waals surface area contributed by atoms with Gasteiger partial charge in [0, 0.05) is 43.9 Å². The standard InChI is InChI=1S/C14H15N3O2/c18-13-5-3-6-14(19)17(13)9-7-11-10-15-12-4-1-2-8-16(11)12/h1-2,4,8,10H,3,5-7,9H2. The van der Waals surface area contributed by atoms with E-state index in [-0.39, 0.29) is 11.8 Å². The molecule has 0 bridgehead atoms. The first-order valence-corrected chi connectivity index (χ1v) is 6.50. The van der Waals surface area contributed by atoms with Crippen molar-refractivity contribution < 1.29 is 9.59 Å². The fourth-order valence-corrected chi connectivity index (χ4v) is 2.45. The summed E-state index contributed by atoms with van der Waals surface area (Å²) in [6.45, 7) is 0.445. The lowest BCUT2D eigenvalue weighted by Crippen LogP contribution is -2.41. The molecule has 1 saturated heterocycles. The molecule has 0 spiro atoms. The number of rotatable bonds is 3. The third kappa shape index (κ3) is 2.23. The molecule has 0 atom stereocenters. The fraction of sp³-hybridized carbons (Fsp3) is 0.357. The van der Waals surface area contributed by atoms with Gasteiger partial charge in [0.1, 0.15) is 5.65 Å². The largest absolute Gasteiger partial charge is 0.304 e. The van der Waals surface area contributed by atoms with Crippen LogP contribution in [0, 0.1) is 0 Å². The SMILES string of the molecule is O=C1CCCC(=O)N1CCc1cnc2ccccn12. The van der Waals surface area contributed by atoms with E-state index >= 15 is 0 Å². The molecule has 0 N–H and O–H groups in total. The molecule has 3 heterocycles. The number of fused-ring (bicyclic) bond motifs is 1. The minimum atomic E-state index is -0.0509. The molecule has 2 aromatic rings. The predicted molar refractivity (Wildman–Crippen MR) is 69.5 cm³/mol.